The van der Waals surface area contributed by atoms with Crippen molar-refractivity contribution in [3.63, 3.8) is 0 Å². The average molecular weight is 383 g/mol. The van der Waals surface area contributed by atoms with E-state index in [1.165, 1.54) is 44.2 Å². The van der Waals surface area contributed by atoms with Crippen LogP contribution in [0.3, 0.4) is 0 Å². The maximum Gasteiger partial charge on any atom is 0.159 e. The summed E-state index contributed by atoms with van der Waals surface area (Å²) < 4.78 is 28.3. The van der Waals surface area contributed by atoms with E-state index in [1.54, 1.807) is 6.07 Å². The molecule has 2 saturated carbocycles. The predicted octanol–water partition coefficient (Wildman–Crippen LogP) is 4.20. The lowest BCUT2D eigenvalue weighted by Crippen LogP contribution is -2.17. The van der Waals surface area contributed by atoms with Crippen molar-refractivity contribution in [1.82, 2.24) is 20.3 Å². The summed E-state index contributed by atoms with van der Waals surface area (Å²) in [6.45, 7) is 1.63. The number of rotatable bonds is 6. The van der Waals surface area contributed by atoms with Gasteiger partial charge in [-0.3, -0.25) is 4.68 Å². The second kappa shape index (κ2) is 8.44. The van der Waals surface area contributed by atoms with Crippen molar-refractivity contribution >= 4 is 12.4 Å². The fraction of sp³-hybridized carbons (Fsp3) is 0.579. The third-order valence-electron chi connectivity index (χ3n) is 5.46. The molecule has 0 saturated heterocycles. The van der Waals surface area contributed by atoms with E-state index < -0.39 is 11.6 Å². The highest BCUT2D eigenvalue weighted by Gasteiger charge is 2.38. The SMILES string of the molecule is Cl.Fc1ccc([C@@H]2C[C@H]2NCc2cn(CC3CCCCC3)nn2)cc1F. The molecule has 1 heterocycles. The standard InChI is InChI=1S/C19H24F2N4.ClH/c20-17-7-6-14(8-18(17)21)16-9-19(16)22-10-15-12-25(24-23-15)11-13-4-2-1-3-5-13;/h6-8,12-13,16,19,22H,1-5,9-11H2;1H/t16-,19+;/m0./s1. The molecule has 0 aliphatic heterocycles. The smallest absolute Gasteiger partial charge is 0.159 e. The van der Waals surface area contributed by atoms with E-state index in [0.29, 0.717) is 12.6 Å². The average Bonchev–Trinajstić information content (AvgIpc) is 3.27. The molecule has 0 bridgehead atoms. The fourth-order valence-electron chi connectivity index (χ4n) is 3.91. The maximum absolute atomic E-state index is 13.3. The van der Waals surface area contributed by atoms with E-state index in [9.17, 15) is 8.78 Å². The molecule has 0 spiro atoms. The van der Waals surface area contributed by atoms with E-state index in [4.69, 9.17) is 0 Å². The van der Waals surface area contributed by atoms with E-state index in [2.05, 4.69) is 15.6 Å². The van der Waals surface area contributed by atoms with Crippen LogP contribution in [-0.2, 0) is 13.1 Å². The first-order valence-electron chi connectivity index (χ1n) is 9.26. The molecular formula is C19H25ClF2N4. The topological polar surface area (TPSA) is 42.7 Å². The summed E-state index contributed by atoms with van der Waals surface area (Å²) in [5.74, 6) is -0.567. The van der Waals surface area contributed by atoms with Crippen molar-refractivity contribution in [2.75, 3.05) is 0 Å². The quantitative estimate of drug-likeness (QED) is 0.814. The number of hydrogen-bond donors (Lipinski definition) is 1. The summed E-state index contributed by atoms with van der Waals surface area (Å²) in [5.41, 5.74) is 1.80. The van der Waals surface area contributed by atoms with Crippen LogP contribution in [0.2, 0.25) is 0 Å². The third-order valence-corrected chi connectivity index (χ3v) is 5.46. The predicted molar refractivity (Wildman–Crippen MR) is 98.2 cm³/mol. The molecule has 26 heavy (non-hydrogen) atoms. The van der Waals surface area contributed by atoms with Crippen LogP contribution in [0.1, 0.15) is 55.7 Å². The van der Waals surface area contributed by atoms with E-state index in [0.717, 1.165) is 30.1 Å². The molecule has 7 heteroatoms. The number of benzene rings is 1. The first-order valence-corrected chi connectivity index (χ1v) is 9.26. The molecule has 1 aromatic carbocycles. The molecule has 142 valence electrons. The Labute approximate surface area is 158 Å². The number of nitrogens with zero attached hydrogens (tertiary/aromatic N) is 3. The van der Waals surface area contributed by atoms with Gasteiger partial charge in [-0.1, -0.05) is 30.5 Å². The number of halogens is 3. The van der Waals surface area contributed by atoms with Crippen LogP contribution >= 0.6 is 12.4 Å². The van der Waals surface area contributed by atoms with E-state index in [-0.39, 0.29) is 18.3 Å². The summed E-state index contributed by atoms with van der Waals surface area (Å²) in [5, 5.41) is 11.9. The zero-order valence-corrected chi connectivity index (χ0v) is 15.5. The Morgan fingerprint density at radius 1 is 1.12 bits per heavy atom. The van der Waals surface area contributed by atoms with Crippen LogP contribution < -0.4 is 5.32 Å². The van der Waals surface area contributed by atoms with E-state index >= 15 is 0 Å². The third kappa shape index (κ3) is 4.60. The molecule has 0 radical (unpaired) electrons. The van der Waals surface area contributed by atoms with Crippen LogP contribution in [0, 0.1) is 17.6 Å². The lowest BCUT2D eigenvalue weighted by atomic mass is 9.89. The van der Waals surface area contributed by atoms with Gasteiger partial charge < -0.3 is 5.32 Å². The molecule has 0 unspecified atom stereocenters. The van der Waals surface area contributed by atoms with E-state index in [1.807, 2.05) is 10.9 Å². The number of aromatic nitrogens is 3. The lowest BCUT2D eigenvalue weighted by molar-refractivity contribution is 0.305. The maximum atomic E-state index is 13.3. The van der Waals surface area contributed by atoms with Crippen LogP contribution in [-0.4, -0.2) is 21.0 Å². The second-order valence-corrected chi connectivity index (χ2v) is 7.44. The summed E-state index contributed by atoms with van der Waals surface area (Å²) in [6, 6.07) is 4.48. The lowest BCUT2D eigenvalue weighted by Gasteiger charge is -2.20. The van der Waals surface area contributed by atoms with Gasteiger partial charge in [-0.2, -0.15) is 0 Å². The molecule has 2 aliphatic rings. The molecule has 2 aromatic rings. The van der Waals surface area contributed by atoms with Crippen molar-refractivity contribution in [1.29, 1.82) is 0 Å². The molecule has 1 N–H and O–H groups in total. The highest BCUT2D eigenvalue weighted by Crippen LogP contribution is 2.41. The Balaban J connectivity index is 0.00000196. The monoisotopic (exact) mass is 382 g/mol. The molecule has 4 nitrogen and oxygen atoms in total. The minimum absolute atomic E-state index is 0. The minimum Gasteiger partial charge on any atom is -0.308 e. The zero-order valence-electron chi connectivity index (χ0n) is 14.7. The van der Waals surface area contributed by atoms with Gasteiger partial charge in [0.25, 0.3) is 0 Å². The molecule has 2 fully saturated rings. The normalized spacial score (nSPS) is 22.8. The highest BCUT2D eigenvalue weighted by atomic mass is 35.5. The summed E-state index contributed by atoms with van der Waals surface area (Å²) in [4.78, 5) is 0. The largest absolute Gasteiger partial charge is 0.308 e. The molecule has 2 atom stereocenters. The van der Waals surface area contributed by atoms with Gasteiger partial charge in [0.1, 0.15) is 0 Å². The van der Waals surface area contributed by atoms with Gasteiger partial charge in [0.2, 0.25) is 0 Å². The van der Waals surface area contributed by atoms with Crippen molar-refractivity contribution in [3.8, 4) is 0 Å². The first kappa shape index (κ1) is 19.2. The van der Waals surface area contributed by atoms with Crippen molar-refractivity contribution in [2.45, 2.75) is 63.6 Å². The summed E-state index contributed by atoms with van der Waals surface area (Å²) in [6.07, 6.45) is 9.60. The molecule has 1 aromatic heterocycles. The fourth-order valence-corrected chi connectivity index (χ4v) is 3.91. The number of nitrogens with one attached hydrogen (secondary N) is 1. The van der Waals surface area contributed by atoms with Gasteiger partial charge in [-0.25, -0.2) is 8.78 Å². The van der Waals surface area contributed by atoms with Crippen molar-refractivity contribution in [3.05, 3.63) is 47.3 Å². The van der Waals surface area contributed by atoms with Gasteiger partial charge in [0.05, 0.1) is 5.69 Å². The first-order chi connectivity index (χ1) is 12.2. The molecule has 0 amide bonds. The highest BCUT2D eigenvalue weighted by molar-refractivity contribution is 5.85. The van der Waals surface area contributed by atoms with Gasteiger partial charge in [0, 0.05) is 31.2 Å². The Morgan fingerprint density at radius 2 is 1.92 bits per heavy atom. The van der Waals surface area contributed by atoms with Gasteiger partial charge >= 0.3 is 0 Å². The Kier molecular flexibility index (Phi) is 6.24. The Morgan fingerprint density at radius 3 is 2.69 bits per heavy atom. The van der Waals surface area contributed by atoms with Crippen LogP contribution in [0.5, 0.6) is 0 Å². The molecular weight excluding hydrogens is 358 g/mol. The Hall–Kier alpha value is -1.53. The van der Waals surface area contributed by atoms with Crippen LogP contribution in [0.15, 0.2) is 24.4 Å². The van der Waals surface area contributed by atoms with Crippen molar-refractivity contribution < 1.29 is 8.78 Å². The van der Waals surface area contributed by atoms with Crippen LogP contribution in [0.4, 0.5) is 8.78 Å². The molecule has 2 aliphatic carbocycles. The zero-order chi connectivity index (χ0) is 17.2. The number of hydrogen-bond acceptors (Lipinski definition) is 3. The van der Waals surface area contributed by atoms with Gasteiger partial charge in [0.15, 0.2) is 11.6 Å². The Bertz CT molecular complexity index is 730. The minimum atomic E-state index is -0.788. The van der Waals surface area contributed by atoms with Crippen molar-refractivity contribution in [2.24, 2.45) is 5.92 Å². The summed E-state index contributed by atoms with van der Waals surface area (Å²) in [7, 11) is 0. The molecule has 4 rings (SSSR count). The van der Waals surface area contributed by atoms with Gasteiger partial charge in [-0.05, 0) is 42.9 Å². The van der Waals surface area contributed by atoms with Gasteiger partial charge in [-0.15, -0.1) is 17.5 Å². The summed E-state index contributed by atoms with van der Waals surface area (Å²) >= 11 is 0. The second-order valence-electron chi connectivity index (χ2n) is 7.44. The van der Waals surface area contributed by atoms with Crippen LogP contribution in [0.25, 0.3) is 0 Å².